The maximum absolute atomic E-state index is 6.04. The van der Waals surface area contributed by atoms with E-state index < -0.39 is 0 Å². The van der Waals surface area contributed by atoms with Gasteiger partial charge < -0.3 is 18.6 Å². The number of fused-ring (bicyclic) bond motifs is 1. The Hall–Kier alpha value is -3.33. The first-order chi connectivity index (χ1) is 14.7. The summed E-state index contributed by atoms with van der Waals surface area (Å²) >= 11 is 1.48. The van der Waals surface area contributed by atoms with Crippen LogP contribution in [0.3, 0.4) is 0 Å². The maximum atomic E-state index is 6.04. The van der Waals surface area contributed by atoms with Gasteiger partial charge in [-0.25, -0.2) is 0 Å². The Morgan fingerprint density at radius 2 is 1.97 bits per heavy atom. The summed E-state index contributed by atoms with van der Waals surface area (Å²) in [6, 6.07) is 15.6. The minimum absolute atomic E-state index is 0.317. The lowest BCUT2D eigenvalue weighted by Gasteiger charge is -2.25. The number of hydrogen-bond acceptors (Lipinski definition) is 8. The SMILES string of the molecule is Cc1cccc(-c2noc(CSc3nnc(C4COc5ccccc5O4)n3C)n2)c1. The second-order valence-corrected chi connectivity index (χ2v) is 7.88. The molecule has 0 fully saturated rings. The van der Waals surface area contributed by atoms with E-state index in [0.717, 1.165) is 22.0 Å². The first kappa shape index (κ1) is 18.7. The Kier molecular flexibility index (Phi) is 4.88. The second kappa shape index (κ2) is 7.83. The number of ether oxygens (including phenoxy) is 2. The second-order valence-electron chi connectivity index (χ2n) is 6.93. The van der Waals surface area contributed by atoms with Crippen LogP contribution in [0.2, 0.25) is 0 Å². The van der Waals surface area contributed by atoms with Crippen LogP contribution >= 0.6 is 11.8 Å². The number of hydrogen-bond donors (Lipinski definition) is 0. The van der Waals surface area contributed by atoms with E-state index in [0.29, 0.717) is 35.6 Å². The van der Waals surface area contributed by atoms with Crippen molar-refractivity contribution >= 4 is 11.8 Å². The molecule has 152 valence electrons. The van der Waals surface area contributed by atoms with Crippen molar-refractivity contribution in [3.63, 3.8) is 0 Å². The third-order valence-electron chi connectivity index (χ3n) is 4.73. The minimum atomic E-state index is -0.317. The highest BCUT2D eigenvalue weighted by Gasteiger charge is 2.27. The minimum Gasteiger partial charge on any atom is -0.485 e. The average Bonchev–Trinajstić information content (AvgIpc) is 3.39. The van der Waals surface area contributed by atoms with Gasteiger partial charge in [-0.1, -0.05) is 52.8 Å². The molecule has 2 aromatic heterocycles. The van der Waals surface area contributed by atoms with Crippen molar-refractivity contribution < 1.29 is 14.0 Å². The van der Waals surface area contributed by atoms with Crippen molar-refractivity contribution in [3.8, 4) is 22.9 Å². The summed E-state index contributed by atoms with van der Waals surface area (Å²) in [6.07, 6.45) is -0.317. The molecular weight excluding hydrogens is 402 g/mol. The van der Waals surface area contributed by atoms with Crippen LogP contribution in [0.4, 0.5) is 0 Å². The molecule has 4 aromatic rings. The monoisotopic (exact) mass is 421 g/mol. The molecule has 0 amide bonds. The van der Waals surface area contributed by atoms with Crippen molar-refractivity contribution in [2.75, 3.05) is 6.61 Å². The molecule has 0 aliphatic carbocycles. The van der Waals surface area contributed by atoms with Gasteiger partial charge in [0.15, 0.2) is 28.6 Å². The molecule has 8 nitrogen and oxygen atoms in total. The Morgan fingerprint density at radius 1 is 1.10 bits per heavy atom. The zero-order valence-electron chi connectivity index (χ0n) is 16.5. The summed E-state index contributed by atoms with van der Waals surface area (Å²) in [5, 5.41) is 13.4. The molecule has 2 aromatic carbocycles. The molecule has 0 saturated heterocycles. The molecule has 0 bridgehead atoms. The smallest absolute Gasteiger partial charge is 0.237 e. The Bertz CT molecular complexity index is 1190. The Balaban J connectivity index is 1.27. The van der Waals surface area contributed by atoms with Crippen molar-refractivity contribution in [1.82, 2.24) is 24.9 Å². The van der Waals surface area contributed by atoms with Gasteiger partial charge >= 0.3 is 0 Å². The van der Waals surface area contributed by atoms with E-state index in [9.17, 15) is 0 Å². The number of aryl methyl sites for hydroxylation is 1. The standard InChI is InChI=1S/C21H19N5O3S/c1-13-6-5-7-14(10-13)19-22-18(29-25-19)12-30-21-24-23-20(26(21)2)17-11-27-15-8-3-4-9-16(15)28-17/h3-10,17H,11-12H2,1-2H3. The van der Waals surface area contributed by atoms with Gasteiger partial charge in [-0.3, -0.25) is 0 Å². The first-order valence-electron chi connectivity index (χ1n) is 9.47. The summed E-state index contributed by atoms with van der Waals surface area (Å²) in [4.78, 5) is 4.49. The Labute approximate surface area is 177 Å². The molecule has 0 spiro atoms. The van der Waals surface area contributed by atoms with Crippen LogP contribution in [0.1, 0.15) is 23.4 Å². The van der Waals surface area contributed by atoms with Crippen LogP contribution in [-0.2, 0) is 12.8 Å². The van der Waals surface area contributed by atoms with Crippen LogP contribution in [0.15, 0.2) is 58.2 Å². The number of para-hydroxylation sites is 2. The van der Waals surface area contributed by atoms with Crippen molar-refractivity contribution in [2.45, 2.75) is 23.9 Å². The van der Waals surface area contributed by atoms with Crippen LogP contribution in [0, 0.1) is 6.92 Å². The number of rotatable bonds is 5. The number of thioether (sulfide) groups is 1. The van der Waals surface area contributed by atoms with Crippen molar-refractivity contribution in [3.05, 3.63) is 65.8 Å². The fourth-order valence-electron chi connectivity index (χ4n) is 3.22. The molecule has 1 unspecified atom stereocenters. The topological polar surface area (TPSA) is 88.1 Å². The molecule has 0 N–H and O–H groups in total. The van der Waals surface area contributed by atoms with E-state index in [1.807, 2.05) is 67.1 Å². The molecule has 3 heterocycles. The maximum Gasteiger partial charge on any atom is 0.237 e. The number of nitrogens with zero attached hydrogens (tertiary/aromatic N) is 5. The molecule has 0 radical (unpaired) electrons. The van der Waals surface area contributed by atoms with E-state index >= 15 is 0 Å². The first-order valence-corrected chi connectivity index (χ1v) is 10.5. The highest BCUT2D eigenvalue weighted by Crippen LogP contribution is 2.36. The third kappa shape index (κ3) is 3.63. The van der Waals surface area contributed by atoms with Crippen LogP contribution in [0.25, 0.3) is 11.4 Å². The predicted octanol–water partition coefficient (Wildman–Crippen LogP) is 3.98. The Morgan fingerprint density at radius 3 is 2.83 bits per heavy atom. The summed E-state index contributed by atoms with van der Waals surface area (Å²) < 4.78 is 19.1. The van der Waals surface area contributed by atoms with Gasteiger partial charge in [-0.05, 0) is 25.1 Å². The molecule has 1 atom stereocenters. The largest absolute Gasteiger partial charge is 0.485 e. The zero-order chi connectivity index (χ0) is 20.5. The number of benzene rings is 2. The fourth-order valence-corrected chi connectivity index (χ4v) is 3.98. The fraction of sp³-hybridized carbons (Fsp3) is 0.238. The van der Waals surface area contributed by atoms with Gasteiger partial charge in [0.05, 0.1) is 5.75 Å². The van der Waals surface area contributed by atoms with E-state index in [4.69, 9.17) is 14.0 Å². The molecule has 5 rings (SSSR count). The van der Waals surface area contributed by atoms with Gasteiger partial charge in [0.25, 0.3) is 0 Å². The molecule has 9 heteroatoms. The molecule has 30 heavy (non-hydrogen) atoms. The van der Waals surface area contributed by atoms with Crippen LogP contribution in [0.5, 0.6) is 11.5 Å². The molecule has 0 saturated carbocycles. The zero-order valence-corrected chi connectivity index (χ0v) is 17.3. The summed E-state index contributed by atoms with van der Waals surface area (Å²) in [6.45, 7) is 2.42. The summed E-state index contributed by atoms with van der Waals surface area (Å²) in [5.74, 6) is 3.77. The van der Waals surface area contributed by atoms with E-state index in [1.54, 1.807) is 0 Å². The van der Waals surface area contributed by atoms with E-state index in [2.05, 4.69) is 20.3 Å². The lowest BCUT2D eigenvalue weighted by atomic mass is 10.1. The molecular formula is C21H19N5O3S. The normalized spacial score (nSPS) is 15.3. The van der Waals surface area contributed by atoms with E-state index in [1.165, 1.54) is 11.8 Å². The molecule has 1 aliphatic heterocycles. The quantitative estimate of drug-likeness (QED) is 0.447. The highest BCUT2D eigenvalue weighted by atomic mass is 32.2. The number of aromatic nitrogens is 5. The van der Waals surface area contributed by atoms with Gasteiger partial charge in [0.2, 0.25) is 11.7 Å². The van der Waals surface area contributed by atoms with Crippen molar-refractivity contribution in [2.24, 2.45) is 7.05 Å². The van der Waals surface area contributed by atoms with Gasteiger partial charge in [-0.15, -0.1) is 10.2 Å². The van der Waals surface area contributed by atoms with Crippen molar-refractivity contribution in [1.29, 1.82) is 0 Å². The van der Waals surface area contributed by atoms with Crippen LogP contribution < -0.4 is 9.47 Å². The summed E-state index contributed by atoms with van der Waals surface area (Å²) in [7, 11) is 1.91. The summed E-state index contributed by atoms with van der Waals surface area (Å²) in [5.41, 5.74) is 2.09. The molecule has 1 aliphatic rings. The average molecular weight is 421 g/mol. The third-order valence-corrected chi connectivity index (χ3v) is 5.74. The van der Waals surface area contributed by atoms with Gasteiger partial charge in [0.1, 0.15) is 6.61 Å². The lowest BCUT2D eigenvalue weighted by Crippen LogP contribution is -2.24. The highest BCUT2D eigenvalue weighted by molar-refractivity contribution is 7.98. The van der Waals surface area contributed by atoms with Gasteiger partial charge in [0, 0.05) is 12.6 Å². The van der Waals surface area contributed by atoms with Crippen LogP contribution in [-0.4, -0.2) is 31.5 Å². The lowest BCUT2D eigenvalue weighted by molar-refractivity contribution is 0.0825. The van der Waals surface area contributed by atoms with Gasteiger partial charge in [-0.2, -0.15) is 4.98 Å². The predicted molar refractivity (Wildman–Crippen MR) is 110 cm³/mol. The van der Waals surface area contributed by atoms with E-state index in [-0.39, 0.29) is 6.10 Å².